The molecular weight excluding hydrogens is 178 g/mol. The van der Waals surface area contributed by atoms with Crippen LogP contribution in [0.3, 0.4) is 0 Å². The van der Waals surface area contributed by atoms with Gasteiger partial charge in [0.05, 0.1) is 18.7 Å². The van der Waals surface area contributed by atoms with Crippen LogP contribution in [0.5, 0.6) is 0 Å². The van der Waals surface area contributed by atoms with E-state index in [1.54, 1.807) is 11.8 Å². The van der Waals surface area contributed by atoms with E-state index in [4.69, 9.17) is 11.6 Å². The molecule has 0 aromatic heterocycles. The summed E-state index contributed by atoms with van der Waals surface area (Å²) in [4.78, 5) is 12.8. The van der Waals surface area contributed by atoms with Crippen LogP contribution < -0.4 is 0 Å². The minimum atomic E-state index is -0.651. The number of likely N-dealkylation sites (tertiary alicyclic amines) is 1. The lowest BCUT2D eigenvalue weighted by atomic mass is 9.91. The Morgan fingerprint density at radius 3 is 2.58 bits per heavy atom. The Morgan fingerprint density at radius 2 is 2.25 bits per heavy atom. The Kier molecular flexibility index (Phi) is 2.64. The topological polar surface area (TPSA) is 40.5 Å². The third-order valence-corrected chi connectivity index (χ3v) is 2.47. The normalized spacial score (nSPS) is 23.2. The van der Waals surface area contributed by atoms with Crippen LogP contribution in [0, 0.1) is 0 Å². The number of nitrogens with zero attached hydrogens (tertiary/aromatic N) is 1. The van der Waals surface area contributed by atoms with Crippen molar-refractivity contribution in [2.45, 2.75) is 31.2 Å². The van der Waals surface area contributed by atoms with Gasteiger partial charge in [0.25, 0.3) is 0 Å². The molecule has 70 valence electrons. The van der Waals surface area contributed by atoms with Crippen LogP contribution in [0.25, 0.3) is 0 Å². The Morgan fingerprint density at radius 1 is 1.75 bits per heavy atom. The van der Waals surface area contributed by atoms with Crippen molar-refractivity contribution in [1.82, 2.24) is 4.90 Å². The van der Waals surface area contributed by atoms with E-state index < -0.39 is 11.0 Å². The summed E-state index contributed by atoms with van der Waals surface area (Å²) in [5.74, 6) is -0.0882. The molecule has 0 aromatic rings. The summed E-state index contributed by atoms with van der Waals surface area (Å²) >= 11 is 5.60. The Labute approximate surface area is 77.3 Å². The molecule has 1 aliphatic rings. The number of β-amino-alcohol motifs (C(OH)–C–C–N with tert-alkyl or cyclic N) is 1. The van der Waals surface area contributed by atoms with Gasteiger partial charge in [-0.15, -0.1) is 11.6 Å². The predicted molar refractivity (Wildman–Crippen MR) is 47.1 cm³/mol. The average Bonchev–Trinajstić information content (AvgIpc) is 1.97. The maximum Gasteiger partial charge on any atom is 0.240 e. The van der Waals surface area contributed by atoms with E-state index in [2.05, 4.69) is 0 Å². The molecule has 1 N–H and O–H groups in total. The Hall–Kier alpha value is -0.280. The third-order valence-electron chi connectivity index (χ3n) is 2.28. The number of amides is 1. The molecule has 1 atom stereocenters. The highest BCUT2D eigenvalue weighted by Crippen LogP contribution is 2.25. The van der Waals surface area contributed by atoms with Crippen molar-refractivity contribution in [3.8, 4) is 0 Å². The number of halogens is 1. The molecule has 1 unspecified atom stereocenters. The van der Waals surface area contributed by atoms with Crippen molar-refractivity contribution < 1.29 is 9.90 Å². The second kappa shape index (κ2) is 3.23. The van der Waals surface area contributed by atoms with Gasteiger partial charge in [-0.1, -0.05) is 6.92 Å². The molecule has 0 aliphatic carbocycles. The standard InChI is InChI=1S/C8H14ClNO2/c1-3-8(12)4-10(5-8)7(11)6(2)9/h6,12H,3-5H2,1-2H3. The lowest BCUT2D eigenvalue weighted by Gasteiger charge is -2.46. The summed E-state index contributed by atoms with van der Waals surface area (Å²) in [7, 11) is 0. The van der Waals surface area contributed by atoms with Crippen molar-refractivity contribution in [2.24, 2.45) is 0 Å². The van der Waals surface area contributed by atoms with Crippen molar-refractivity contribution in [3.63, 3.8) is 0 Å². The molecule has 1 heterocycles. The van der Waals surface area contributed by atoms with Crippen LogP contribution in [0.1, 0.15) is 20.3 Å². The van der Waals surface area contributed by atoms with Crippen LogP contribution in [0.4, 0.5) is 0 Å². The fraction of sp³-hybridized carbons (Fsp3) is 0.875. The summed E-state index contributed by atoms with van der Waals surface area (Å²) in [5.41, 5.74) is -0.651. The van der Waals surface area contributed by atoms with Gasteiger partial charge in [-0.05, 0) is 13.3 Å². The smallest absolute Gasteiger partial charge is 0.240 e. The average molecular weight is 192 g/mol. The number of alkyl halides is 1. The van der Waals surface area contributed by atoms with Crippen LogP contribution in [-0.2, 0) is 4.79 Å². The Bertz CT molecular complexity index is 187. The molecule has 0 radical (unpaired) electrons. The van der Waals surface area contributed by atoms with Gasteiger partial charge < -0.3 is 10.0 Å². The zero-order chi connectivity index (χ0) is 9.35. The van der Waals surface area contributed by atoms with E-state index in [1.807, 2.05) is 6.92 Å². The van der Waals surface area contributed by atoms with E-state index in [9.17, 15) is 9.90 Å². The summed E-state index contributed by atoms with van der Waals surface area (Å²) in [6.07, 6.45) is 0.688. The molecule has 3 nitrogen and oxygen atoms in total. The van der Waals surface area contributed by atoms with E-state index >= 15 is 0 Å². The predicted octanol–water partition coefficient (Wildman–Crippen LogP) is 0.597. The van der Waals surface area contributed by atoms with Gasteiger partial charge in [0.1, 0.15) is 5.38 Å². The molecule has 1 rings (SSSR count). The minimum absolute atomic E-state index is 0.0882. The van der Waals surface area contributed by atoms with Crippen LogP contribution in [0.2, 0.25) is 0 Å². The van der Waals surface area contributed by atoms with Crippen LogP contribution >= 0.6 is 11.6 Å². The van der Waals surface area contributed by atoms with E-state index in [1.165, 1.54) is 0 Å². The van der Waals surface area contributed by atoms with E-state index in [0.29, 0.717) is 19.5 Å². The molecule has 0 spiro atoms. The number of hydrogen-bond donors (Lipinski definition) is 1. The van der Waals surface area contributed by atoms with Crippen LogP contribution in [-0.4, -0.2) is 40.0 Å². The molecule has 1 saturated heterocycles. The van der Waals surface area contributed by atoms with Crippen molar-refractivity contribution >= 4 is 17.5 Å². The molecule has 0 bridgehead atoms. The summed E-state index contributed by atoms with van der Waals surface area (Å²) in [6, 6.07) is 0. The number of aliphatic hydroxyl groups is 1. The van der Waals surface area contributed by atoms with Gasteiger partial charge in [0.2, 0.25) is 5.91 Å². The van der Waals surface area contributed by atoms with Crippen molar-refractivity contribution in [3.05, 3.63) is 0 Å². The van der Waals surface area contributed by atoms with Gasteiger partial charge >= 0.3 is 0 Å². The maximum atomic E-state index is 11.2. The number of carbonyl (C=O) groups excluding carboxylic acids is 1. The van der Waals surface area contributed by atoms with Gasteiger partial charge in [-0.25, -0.2) is 0 Å². The number of hydrogen-bond acceptors (Lipinski definition) is 2. The maximum absolute atomic E-state index is 11.2. The fourth-order valence-electron chi connectivity index (χ4n) is 1.30. The second-order valence-corrected chi connectivity index (χ2v) is 4.04. The van der Waals surface area contributed by atoms with Gasteiger partial charge in [-0.3, -0.25) is 4.79 Å². The molecule has 0 aromatic carbocycles. The summed E-state index contributed by atoms with van der Waals surface area (Å²) < 4.78 is 0. The van der Waals surface area contributed by atoms with Crippen molar-refractivity contribution in [2.75, 3.05) is 13.1 Å². The second-order valence-electron chi connectivity index (χ2n) is 3.39. The first kappa shape index (κ1) is 9.81. The Balaban J connectivity index is 2.39. The quantitative estimate of drug-likeness (QED) is 0.650. The largest absolute Gasteiger partial charge is 0.386 e. The van der Waals surface area contributed by atoms with Crippen molar-refractivity contribution in [1.29, 1.82) is 0 Å². The molecular formula is C8H14ClNO2. The molecule has 1 aliphatic heterocycles. The molecule has 0 saturated carbocycles. The van der Waals surface area contributed by atoms with Gasteiger partial charge in [-0.2, -0.15) is 0 Å². The molecule has 12 heavy (non-hydrogen) atoms. The number of rotatable bonds is 2. The SMILES string of the molecule is CCC1(O)CN(C(=O)C(C)Cl)C1. The first-order chi connectivity index (χ1) is 5.48. The summed E-state index contributed by atoms with van der Waals surface area (Å²) in [5, 5.41) is 9.10. The molecule has 4 heteroatoms. The molecule has 1 fully saturated rings. The van der Waals surface area contributed by atoms with Gasteiger partial charge in [0.15, 0.2) is 0 Å². The van der Waals surface area contributed by atoms with E-state index in [-0.39, 0.29) is 5.91 Å². The zero-order valence-electron chi connectivity index (χ0n) is 7.38. The minimum Gasteiger partial charge on any atom is -0.386 e. The lowest BCUT2D eigenvalue weighted by molar-refractivity contribution is -0.155. The van der Waals surface area contributed by atoms with E-state index in [0.717, 1.165) is 0 Å². The molecule has 1 amide bonds. The summed E-state index contributed by atoms with van der Waals surface area (Å²) in [6.45, 7) is 4.41. The van der Waals surface area contributed by atoms with Gasteiger partial charge in [0, 0.05) is 0 Å². The monoisotopic (exact) mass is 191 g/mol. The lowest BCUT2D eigenvalue weighted by Crippen LogP contribution is -2.64. The highest BCUT2D eigenvalue weighted by Gasteiger charge is 2.42. The highest BCUT2D eigenvalue weighted by molar-refractivity contribution is 6.30. The third kappa shape index (κ3) is 1.72. The fourth-order valence-corrected chi connectivity index (χ4v) is 1.43. The van der Waals surface area contributed by atoms with Crippen LogP contribution in [0.15, 0.2) is 0 Å². The number of carbonyl (C=O) groups is 1. The first-order valence-corrected chi connectivity index (χ1v) is 4.57. The zero-order valence-corrected chi connectivity index (χ0v) is 8.14. The first-order valence-electron chi connectivity index (χ1n) is 4.14. The highest BCUT2D eigenvalue weighted by atomic mass is 35.5.